The molecule has 4 nitrogen and oxygen atoms in total. The van der Waals surface area contributed by atoms with Crippen molar-refractivity contribution in [1.29, 1.82) is 0 Å². The van der Waals surface area contributed by atoms with Gasteiger partial charge in [0.2, 0.25) is 0 Å². The summed E-state index contributed by atoms with van der Waals surface area (Å²) in [6.07, 6.45) is 4.48. The van der Waals surface area contributed by atoms with Crippen molar-refractivity contribution >= 4 is 6.09 Å². The van der Waals surface area contributed by atoms with Crippen molar-refractivity contribution in [3.63, 3.8) is 0 Å². The molecule has 1 aliphatic carbocycles. The number of allylic oxidation sites excluding steroid dienone is 1. The number of amides is 1. The zero-order valence-corrected chi connectivity index (χ0v) is 11.0. The van der Waals surface area contributed by atoms with Crippen molar-refractivity contribution in [2.75, 3.05) is 7.11 Å². The summed E-state index contributed by atoms with van der Waals surface area (Å²) in [4.78, 5) is 11.3. The fourth-order valence-electron chi connectivity index (χ4n) is 2.46. The predicted octanol–water partition coefficient (Wildman–Crippen LogP) is 2.41. The molecule has 2 N–H and O–H groups in total. The standard InChI is InChI=1S/C15H19NO3/c1-19-15(18)16-13-10-6-5-9-12(13)14(17)11-7-3-2-4-8-11/h2-8,12-14,17H,9-10H2,1H3,(H,16,18). The minimum absolute atomic E-state index is 0.0356. The quantitative estimate of drug-likeness (QED) is 0.821. The summed E-state index contributed by atoms with van der Waals surface area (Å²) in [5.74, 6) is -0.0356. The van der Waals surface area contributed by atoms with Gasteiger partial charge in [-0.05, 0) is 18.4 Å². The van der Waals surface area contributed by atoms with E-state index in [-0.39, 0.29) is 12.0 Å². The molecule has 0 heterocycles. The molecule has 0 aromatic heterocycles. The van der Waals surface area contributed by atoms with Gasteiger partial charge in [-0.2, -0.15) is 0 Å². The third kappa shape index (κ3) is 3.35. The Morgan fingerprint density at radius 1 is 1.32 bits per heavy atom. The van der Waals surface area contributed by atoms with Crippen molar-refractivity contribution < 1.29 is 14.6 Å². The van der Waals surface area contributed by atoms with E-state index in [9.17, 15) is 9.90 Å². The van der Waals surface area contributed by atoms with Crippen LogP contribution in [0.15, 0.2) is 42.5 Å². The molecule has 19 heavy (non-hydrogen) atoms. The van der Waals surface area contributed by atoms with Crippen molar-refractivity contribution in [3.05, 3.63) is 48.0 Å². The molecule has 1 aliphatic rings. The third-order valence-corrected chi connectivity index (χ3v) is 3.52. The second-order valence-electron chi connectivity index (χ2n) is 4.70. The van der Waals surface area contributed by atoms with Gasteiger partial charge in [-0.15, -0.1) is 0 Å². The Morgan fingerprint density at radius 2 is 2.00 bits per heavy atom. The number of nitrogens with one attached hydrogen (secondary N) is 1. The Kier molecular flexibility index (Phi) is 4.58. The summed E-state index contributed by atoms with van der Waals surface area (Å²) in [5, 5.41) is 13.3. The number of hydrogen-bond donors (Lipinski definition) is 2. The zero-order chi connectivity index (χ0) is 13.7. The van der Waals surface area contributed by atoms with Crippen LogP contribution in [0.2, 0.25) is 0 Å². The monoisotopic (exact) mass is 261 g/mol. The maximum Gasteiger partial charge on any atom is 0.407 e. The number of hydrogen-bond acceptors (Lipinski definition) is 3. The molecular formula is C15H19NO3. The van der Waals surface area contributed by atoms with Crippen molar-refractivity contribution in [2.45, 2.75) is 25.0 Å². The van der Waals surface area contributed by atoms with Crippen LogP contribution >= 0.6 is 0 Å². The van der Waals surface area contributed by atoms with Gasteiger partial charge in [-0.1, -0.05) is 42.5 Å². The average molecular weight is 261 g/mol. The summed E-state index contributed by atoms with van der Waals surface area (Å²) in [7, 11) is 1.34. The van der Waals surface area contributed by atoms with Crippen LogP contribution in [0.5, 0.6) is 0 Å². The Balaban J connectivity index is 2.11. The van der Waals surface area contributed by atoms with Crippen LogP contribution in [-0.2, 0) is 4.74 Å². The molecule has 0 saturated carbocycles. The molecular weight excluding hydrogens is 242 g/mol. The Labute approximate surface area is 113 Å². The van der Waals surface area contributed by atoms with Crippen molar-refractivity contribution in [1.82, 2.24) is 5.32 Å². The first-order valence-electron chi connectivity index (χ1n) is 6.45. The normalized spacial score (nSPS) is 23.7. The molecule has 1 aromatic carbocycles. The maximum atomic E-state index is 11.3. The molecule has 0 fully saturated rings. The van der Waals surface area contributed by atoms with Gasteiger partial charge in [0.25, 0.3) is 0 Å². The van der Waals surface area contributed by atoms with Crippen LogP contribution in [0, 0.1) is 5.92 Å². The van der Waals surface area contributed by atoms with Gasteiger partial charge in [-0.3, -0.25) is 0 Å². The third-order valence-electron chi connectivity index (χ3n) is 3.52. The van der Waals surface area contributed by atoms with Crippen LogP contribution in [0.25, 0.3) is 0 Å². The topological polar surface area (TPSA) is 58.6 Å². The molecule has 1 aromatic rings. The van der Waals surface area contributed by atoms with E-state index in [1.54, 1.807) is 0 Å². The molecule has 3 unspecified atom stereocenters. The van der Waals surface area contributed by atoms with Gasteiger partial charge in [-0.25, -0.2) is 4.79 Å². The van der Waals surface area contributed by atoms with Gasteiger partial charge < -0.3 is 15.2 Å². The first-order valence-corrected chi connectivity index (χ1v) is 6.45. The number of ether oxygens (including phenoxy) is 1. The Hall–Kier alpha value is -1.81. The minimum atomic E-state index is -0.590. The van der Waals surface area contributed by atoms with E-state index in [2.05, 4.69) is 10.1 Å². The molecule has 0 spiro atoms. The number of aliphatic hydroxyl groups excluding tert-OH is 1. The number of aliphatic hydroxyl groups is 1. The van der Waals surface area contributed by atoms with E-state index in [4.69, 9.17) is 0 Å². The van der Waals surface area contributed by atoms with Gasteiger partial charge in [0.05, 0.1) is 13.2 Å². The zero-order valence-electron chi connectivity index (χ0n) is 11.0. The number of methoxy groups -OCH3 is 1. The number of benzene rings is 1. The Bertz CT molecular complexity index is 444. The SMILES string of the molecule is COC(=O)NC1CC=CCC1C(O)c1ccccc1. The van der Waals surface area contributed by atoms with E-state index in [0.717, 1.165) is 12.0 Å². The lowest BCUT2D eigenvalue weighted by Crippen LogP contribution is -2.43. The molecule has 4 heteroatoms. The number of alkyl carbamates (subject to hydrolysis) is 1. The van der Waals surface area contributed by atoms with Crippen LogP contribution in [-0.4, -0.2) is 24.4 Å². The highest BCUT2D eigenvalue weighted by Crippen LogP contribution is 2.31. The summed E-state index contributed by atoms with van der Waals surface area (Å²) in [6.45, 7) is 0. The number of carbonyl (C=O) groups excluding carboxylic acids is 1. The van der Waals surface area contributed by atoms with Gasteiger partial charge in [0.1, 0.15) is 0 Å². The maximum absolute atomic E-state index is 11.3. The Morgan fingerprint density at radius 3 is 2.68 bits per heavy atom. The van der Waals surface area contributed by atoms with Gasteiger partial charge in [0.15, 0.2) is 0 Å². The first-order chi connectivity index (χ1) is 9.22. The van der Waals surface area contributed by atoms with E-state index in [0.29, 0.717) is 6.42 Å². The molecule has 102 valence electrons. The van der Waals surface area contributed by atoms with Crippen LogP contribution in [0.4, 0.5) is 4.79 Å². The second kappa shape index (κ2) is 6.38. The second-order valence-corrected chi connectivity index (χ2v) is 4.70. The average Bonchev–Trinajstić information content (AvgIpc) is 2.48. The predicted molar refractivity (Wildman–Crippen MR) is 72.6 cm³/mol. The fourth-order valence-corrected chi connectivity index (χ4v) is 2.46. The molecule has 0 aliphatic heterocycles. The van der Waals surface area contributed by atoms with Gasteiger partial charge in [0, 0.05) is 12.0 Å². The van der Waals surface area contributed by atoms with Crippen LogP contribution in [0.1, 0.15) is 24.5 Å². The van der Waals surface area contributed by atoms with Gasteiger partial charge >= 0.3 is 6.09 Å². The smallest absolute Gasteiger partial charge is 0.407 e. The van der Waals surface area contributed by atoms with E-state index in [1.165, 1.54) is 7.11 Å². The molecule has 0 bridgehead atoms. The molecule has 0 radical (unpaired) electrons. The lowest BCUT2D eigenvalue weighted by atomic mass is 9.82. The van der Waals surface area contributed by atoms with Crippen molar-refractivity contribution in [2.24, 2.45) is 5.92 Å². The summed E-state index contributed by atoms with van der Waals surface area (Å²) < 4.78 is 4.63. The van der Waals surface area contributed by atoms with Crippen LogP contribution < -0.4 is 5.32 Å². The highest BCUT2D eigenvalue weighted by molar-refractivity contribution is 5.67. The van der Waals surface area contributed by atoms with E-state index < -0.39 is 12.2 Å². The highest BCUT2D eigenvalue weighted by Gasteiger charge is 2.31. The van der Waals surface area contributed by atoms with E-state index >= 15 is 0 Å². The molecule has 3 atom stereocenters. The van der Waals surface area contributed by atoms with E-state index in [1.807, 2.05) is 42.5 Å². The molecule has 0 saturated heterocycles. The lowest BCUT2D eigenvalue weighted by molar-refractivity contribution is 0.0795. The highest BCUT2D eigenvalue weighted by atomic mass is 16.5. The number of rotatable bonds is 3. The fraction of sp³-hybridized carbons (Fsp3) is 0.400. The minimum Gasteiger partial charge on any atom is -0.453 e. The lowest BCUT2D eigenvalue weighted by Gasteiger charge is -2.32. The largest absolute Gasteiger partial charge is 0.453 e. The van der Waals surface area contributed by atoms with Crippen LogP contribution in [0.3, 0.4) is 0 Å². The summed E-state index contributed by atoms with van der Waals surface area (Å²) in [6, 6.07) is 9.42. The molecule has 1 amide bonds. The summed E-state index contributed by atoms with van der Waals surface area (Å²) in [5.41, 5.74) is 0.875. The first kappa shape index (κ1) is 13.6. The summed E-state index contributed by atoms with van der Waals surface area (Å²) >= 11 is 0. The van der Waals surface area contributed by atoms with Crippen molar-refractivity contribution in [3.8, 4) is 0 Å². The number of carbonyl (C=O) groups is 1. The molecule has 2 rings (SSSR count).